The molecule has 0 bridgehead atoms. The van der Waals surface area contributed by atoms with E-state index in [1.807, 2.05) is 28.0 Å². The SMILES string of the molecule is CCCN1C(=O)Cc2cc(C(=O)N3CCCCCC3)ccc21. The standard InChI is InChI=1S/C18H24N2O2/c1-2-9-20-16-8-7-14(12-15(16)13-17(20)21)18(22)19-10-5-3-4-6-11-19/h7-8,12H,2-6,9-11,13H2,1H3. The first kappa shape index (κ1) is 15.1. The zero-order valence-electron chi connectivity index (χ0n) is 13.3. The lowest BCUT2D eigenvalue weighted by Gasteiger charge is -2.21. The van der Waals surface area contributed by atoms with Gasteiger partial charge in [-0.3, -0.25) is 9.59 Å². The van der Waals surface area contributed by atoms with Gasteiger partial charge in [0, 0.05) is 30.9 Å². The Kier molecular flexibility index (Phi) is 4.46. The van der Waals surface area contributed by atoms with E-state index >= 15 is 0 Å². The minimum atomic E-state index is 0.117. The molecule has 0 N–H and O–H groups in total. The Balaban J connectivity index is 1.80. The summed E-state index contributed by atoms with van der Waals surface area (Å²) in [5.41, 5.74) is 2.71. The van der Waals surface area contributed by atoms with Crippen molar-refractivity contribution in [2.24, 2.45) is 0 Å². The summed E-state index contributed by atoms with van der Waals surface area (Å²) in [6, 6.07) is 5.75. The van der Waals surface area contributed by atoms with Gasteiger partial charge in [0.05, 0.1) is 6.42 Å². The summed E-state index contributed by atoms with van der Waals surface area (Å²) in [5.74, 6) is 0.266. The zero-order valence-corrected chi connectivity index (χ0v) is 13.3. The molecule has 0 aliphatic carbocycles. The second kappa shape index (κ2) is 6.51. The van der Waals surface area contributed by atoms with Gasteiger partial charge in [-0.2, -0.15) is 0 Å². The molecule has 3 rings (SSSR count). The van der Waals surface area contributed by atoms with Crippen LogP contribution in [0.25, 0.3) is 0 Å². The number of hydrogen-bond donors (Lipinski definition) is 0. The van der Waals surface area contributed by atoms with Crippen molar-refractivity contribution in [2.45, 2.75) is 45.4 Å². The molecule has 1 aromatic carbocycles. The Labute approximate surface area is 132 Å². The van der Waals surface area contributed by atoms with Crippen molar-refractivity contribution in [3.05, 3.63) is 29.3 Å². The van der Waals surface area contributed by atoms with Crippen molar-refractivity contribution in [2.75, 3.05) is 24.5 Å². The van der Waals surface area contributed by atoms with E-state index in [1.54, 1.807) is 0 Å². The molecule has 4 nitrogen and oxygen atoms in total. The predicted molar refractivity (Wildman–Crippen MR) is 87.2 cm³/mol. The molecule has 2 amide bonds. The maximum absolute atomic E-state index is 12.7. The zero-order chi connectivity index (χ0) is 15.5. The third-order valence-corrected chi connectivity index (χ3v) is 4.60. The molecule has 0 aromatic heterocycles. The van der Waals surface area contributed by atoms with Gasteiger partial charge in [0.2, 0.25) is 5.91 Å². The molecule has 1 saturated heterocycles. The van der Waals surface area contributed by atoms with E-state index in [9.17, 15) is 9.59 Å². The minimum absolute atomic E-state index is 0.117. The molecule has 0 unspecified atom stereocenters. The summed E-state index contributed by atoms with van der Waals surface area (Å²) in [6.07, 6.45) is 6.00. The number of benzene rings is 1. The second-order valence-electron chi connectivity index (χ2n) is 6.27. The topological polar surface area (TPSA) is 40.6 Å². The number of rotatable bonds is 3. The maximum Gasteiger partial charge on any atom is 0.253 e. The molecule has 2 aliphatic rings. The van der Waals surface area contributed by atoms with Crippen LogP contribution in [0.4, 0.5) is 5.69 Å². The molecule has 0 radical (unpaired) electrons. The highest BCUT2D eigenvalue weighted by Crippen LogP contribution is 2.30. The van der Waals surface area contributed by atoms with Crippen LogP contribution >= 0.6 is 0 Å². The Morgan fingerprint density at radius 2 is 1.86 bits per heavy atom. The average Bonchev–Trinajstić information content (AvgIpc) is 2.72. The maximum atomic E-state index is 12.7. The lowest BCUT2D eigenvalue weighted by atomic mass is 10.1. The van der Waals surface area contributed by atoms with Crippen LogP contribution in [-0.2, 0) is 11.2 Å². The van der Waals surface area contributed by atoms with Gasteiger partial charge in [0.1, 0.15) is 0 Å². The first-order valence-electron chi connectivity index (χ1n) is 8.43. The minimum Gasteiger partial charge on any atom is -0.339 e. The molecular formula is C18H24N2O2. The summed E-state index contributed by atoms with van der Waals surface area (Å²) >= 11 is 0. The third-order valence-electron chi connectivity index (χ3n) is 4.60. The van der Waals surface area contributed by atoms with Gasteiger partial charge in [-0.15, -0.1) is 0 Å². The van der Waals surface area contributed by atoms with E-state index in [2.05, 4.69) is 6.92 Å². The van der Waals surface area contributed by atoms with Crippen molar-refractivity contribution in [1.82, 2.24) is 4.90 Å². The molecule has 2 heterocycles. The van der Waals surface area contributed by atoms with Crippen LogP contribution in [0, 0.1) is 0 Å². The first-order valence-corrected chi connectivity index (χ1v) is 8.43. The first-order chi connectivity index (χ1) is 10.7. The van der Waals surface area contributed by atoms with Gasteiger partial charge in [-0.05, 0) is 43.0 Å². The van der Waals surface area contributed by atoms with Crippen LogP contribution in [0.5, 0.6) is 0 Å². The molecule has 2 aliphatic heterocycles. The summed E-state index contributed by atoms with van der Waals surface area (Å²) in [4.78, 5) is 28.6. The van der Waals surface area contributed by atoms with E-state index in [4.69, 9.17) is 0 Å². The van der Waals surface area contributed by atoms with Gasteiger partial charge >= 0.3 is 0 Å². The fraction of sp³-hybridized carbons (Fsp3) is 0.556. The highest BCUT2D eigenvalue weighted by Gasteiger charge is 2.28. The van der Waals surface area contributed by atoms with Crippen molar-refractivity contribution in [3.8, 4) is 0 Å². The smallest absolute Gasteiger partial charge is 0.253 e. The van der Waals surface area contributed by atoms with E-state index in [0.29, 0.717) is 6.42 Å². The highest BCUT2D eigenvalue weighted by atomic mass is 16.2. The molecular weight excluding hydrogens is 276 g/mol. The molecule has 0 saturated carbocycles. The van der Waals surface area contributed by atoms with Gasteiger partial charge in [0.25, 0.3) is 5.91 Å². The fourth-order valence-electron chi connectivity index (χ4n) is 3.44. The molecule has 0 atom stereocenters. The number of carbonyl (C=O) groups excluding carboxylic acids is 2. The van der Waals surface area contributed by atoms with Gasteiger partial charge in [0.15, 0.2) is 0 Å². The second-order valence-corrected chi connectivity index (χ2v) is 6.27. The fourth-order valence-corrected chi connectivity index (χ4v) is 3.44. The van der Waals surface area contributed by atoms with E-state index in [0.717, 1.165) is 55.7 Å². The van der Waals surface area contributed by atoms with Crippen LogP contribution in [0.3, 0.4) is 0 Å². The number of fused-ring (bicyclic) bond motifs is 1. The van der Waals surface area contributed by atoms with Gasteiger partial charge in [-0.25, -0.2) is 0 Å². The van der Waals surface area contributed by atoms with Crippen molar-refractivity contribution in [3.63, 3.8) is 0 Å². The summed E-state index contributed by atoms with van der Waals surface area (Å²) in [6.45, 7) is 4.54. The van der Waals surface area contributed by atoms with Crippen LogP contribution in [0.2, 0.25) is 0 Å². The number of likely N-dealkylation sites (tertiary alicyclic amines) is 1. The van der Waals surface area contributed by atoms with Crippen molar-refractivity contribution >= 4 is 17.5 Å². The van der Waals surface area contributed by atoms with Gasteiger partial charge in [-0.1, -0.05) is 19.8 Å². The van der Waals surface area contributed by atoms with Crippen LogP contribution in [-0.4, -0.2) is 36.3 Å². The Morgan fingerprint density at radius 1 is 1.14 bits per heavy atom. The Bertz CT molecular complexity index is 574. The van der Waals surface area contributed by atoms with E-state index < -0.39 is 0 Å². The normalized spacial score (nSPS) is 18.3. The average molecular weight is 300 g/mol. The molecule has 1 aromatic rings. The predicted octanol–water partition coefficient (Wildman–Crippen LogP) is 3.00. The molecule has 1 fully saturated rings. The van der Waals surface area contributed by atoms with Crippen LogP contribution in [0.1, 0.15) is 54.9 Å². The quantitative estimate of drug-likeness (QED) is 0.861. The summed E-state index contributed by atoms with van der Waals surface area (Å²) < 4.78 is 0. The third kappa shape index (κ3) is 2.87. The van der Waals surface area contributed by atoms with Crippen LogP contribution < -0.4 is 4.90 Å². The molecule has 118 valence electrons. The monoisotopic (exact) mass is 300 g/mol. The lowest BCUT2D eigenvalue weighted by molar-refractivity contribution is -0.117. The Hall–Kier alpha value is -1.84. The number of amides is 2. The van der Waals surface area contributed by atoms with E-state index in [-0.39, 0.29) is 11.8 Å². The highest BCUT2D eigenvalue weighted by molar-refractivity contribution is 6.03. The summed E-state index contributed by atoms with van der Waals surface area (Å²) in [7, 11) is 0. The molecule has 22 heavy (non-hydrogen) atoms. The van der Waals surface area contributed by atoms with E-state index in [1.165, 1.54) is 12.8 Å². The van der Waals surface area contributed by atoms with Gasteiger partial charge < -0.3 is 9.80 Å². The number of nitrogens with zero attached hydrogens (tertiary/aromatic N) is 2. The number of anilines is 1. The molecule has 4 heteroatoms. The molecule has 0 spiro atoms. The summed E-state index contributed by atoms with van der Waals surface area (Å²) in [5, 5.41) is 0. The lowest BCUT2D eigenvalue weighted by Crippen LogP contribution is -2.31. The number of hydrogen-bond acceptors (Lipinski definition) is 2. The van der Waals surface area contributed by atoms with Crippen LogP contribution in [0.15, 0.2) is 18.2 Å². The Morgan fingerprint density at radius 3 is 2.55 bits per heavy atom. The largest absolute Gasteiger partial charge is 0.339 e. The number of carbonyl (C=O) groups is 2. The van der Waals surface area contributed by atoms with Crippen molar-refractivity contribution in [1.29, 1.82) is 0 Å². The van der Waals surface area contributed by atoms with Crippen molar-refractivity contribution < 1.29 is 9.59 Å².